The molecule has 0 aliphatic carbocycles. The zero-order chi connectivity index (χ0) is 14.9. The van der Waals surface area contributed by atoms with Crippen LogP contribution >= 0.6 is 0 Å². The van der Waals surface area contributed by atoms with E-state index in [0.717, 1.165) is 11.3 Å². The lowest BCUT2D eigenvalue weighted by molar-refractivity contribution is -0.127. The summed E-state index contributed by atoms with van der Waals surface area (Å²) >= 11 is 0. The summed E-state index contributed by atoms with van der Waals surface area (Å²) in [6.07, 6.45) is 0. The highest BCUT2D eigenvalue weighted by Gasteiger charge is 2.54. The summed E-state index contributed by atoms with van der Waals surface area (Å²) in [5.74, 6) is 1.17. The molecule has 0 saturated carbocycles. The molecule has 2 aliphatic rings. The number of methoxy groups -OCH3 is 1. The summed E-state index contributed by atoms with van der Waals surface area (Å²) in [7, 11) is 1.62. The number of amides is 1. The van der Waals surface area contributed by atoms with Gasteiger partial charge < -0.3 is 14.8 Å². The van der Waals surface area contributed by atoms with Crippen LogP contribution in [0.25, 0.3) is 0 Å². The topological polar surface area (TPSA) is 72.0 Å². The van der Waals surface area contributed by atoms with Crippen LogP contribution in [0.1, 0.15) is 12.5 Å². The fourth-order valence-corrected chi connectivity index (χ4v) is 2.87. The van der Waals surface area contributed by atoms with E-state index < -0.39 is 5.54 Å². The molecule has 1 aromatic rings. The summed E-state index contributed by atoms with van der Waals surface area (Å²) in [6, 6.07) is 7.63. The zero-order valence-corrected chi connectivity index (χ0v) is 12.2. The molecule has 1 aromatic carbocycles. The van der Waals surface area contributed by atoms with Crippen LogP contribution in [0.4, 0.5) is 0 Å². The Labute approximate surface area is 123 Å². The molecule has 1 fully saturated rings. The first kappa shape index (κ1) is 13.9. The Balaban J connectivity index is 1.97. The van der Waals surface area contributed by atoms with Gasteiger partial charge in [-0.15, -0.1) is 0 Å². The molecule has 21 heavy (non-hydrogen) atoms. The van der Waals surface area contributed by atoms with Crippen LogP contribution in [-0.2, 0) is 15.1 Å². The van der Waals surface area contributed by atoms with Crippen LogP contribution in [0.2, 0.25) is 0 Å². The number of rotatable bonds is 3. The minimum atomic E-state index is -0.805. The lowest BCUT2D eigenvalue weighted by Gasteiger charge is -2.38. The Morgan fingerprint density at radius 3 is 3.10 bits per heavy atom. The molecule has 112 valence electrons. The number of hydrogen-bond acceptors (Lipinski definition) is 4. The van der Waals surface area contributed by atoms with E-state index in [0.29, 0.717) is 25.7 Å². The van der Waals surface area contributed by atoms with Crippen LogP contribution in [-0.4, -0.2) is 38.7 Å². The normalized spacial score (nSPS) is 29.0. The van der Waals surface area contributed by atoms with Crippen molar-refractivity contribution in [3.05, 3.63) is 29.8 Å². The molecule has 1 amide bonds. The predicted octanol–water partition coefficient (Wildman–Crippen LogP) is 0.632. The largest absolute Gasteiger partial charge is 0.493 e. The highest BCUT2D eigenvalue weighted by atomic mass is 16.5. The van der Waals surface area contributed by atoms with Crippen molar-refractivity contribution in [2.45, 2.75) is 12.5 Å². The van der Waals surface area contributed by atoms with E-state index in [4.69, 9.17) is 9.47 Å². The minimum Gasteiger partial charge on any atom is -0.493 e. The average Bonchev–Trinajstić information content (AvgIpc) is 2.82. The molecule has 2 aliphatic heterocycles. The number of nitrogens with zero attached hydrogens (tertiary/aromatic N) is 1. The van der Waals surface area contributed by atoms with Gasteiger partial charge in [-0.1, -0.05) is 25.1 Å². The maximum absolute atomic E-state index is 12.6. The number of nitrogens with one attached hydrogen (secondary N) is 2. The number of para-hydroxylation sites is 1. The first-order valence-electron chi connectivity index (χ1n) is 7.04. The van der Waals surface area contributed by atoms with Crippen molar-refractivity contribution in [2.75, 3.05) is 26.9 Å². The van der Waals surface area contributed by atoms with Crippen LogP contribution in [0.5, 0.6) is 5.75 Å². The van der Waals surface area contributed by atoms with Crippen LogP contribution in [0.15, 0.2) is 29.3 Å². The second-order valence-electron chi connectivity index (χ2n) is 5.32. The van der Waals surface area contributed by atoms with E-state index in [2.05, 4.69) is 15.6 Å². The quantitative estimate of drug-likeness (QED) is 0.801. The fraction of sp³-hybridized carbons (Fsp3) is 0.467. The van der Waals surface area contributed by atoms with Gasteiger partial charge in [-0.3, -0.25) is 15.1 Å². The molecule has 2 atom stereocenters. The molecule has 2 heterocycles. The number of benzene rings is 1. The predicted molar refractivity (Wildman–Crippen MR) is 78.2 cm³/mol. The highest BCUT2D eigenvalue weighted by molar-refractivity contribution is 6.10. The zero-order valence-electron chi connectivity index (χ0n) is 12.2. The lowest BCUT2D eigenvalue weighted by atomic mass is 9.77. The van der Waals surface area contributed by atoms with Crippen LogP contribution in [0, 0.1) is 5.92 Å². The number of fused-ring (bicyclic) bond motifs is 2. The third-order valence-corrected chi connectivity index (χ3v) is 4.01. The molecule has 2 unspecified atom stereocenters. The lowest BCUT2D eigenvalue weighted by Crippen LogP contribution is -2.53. The van der Waals surface area contributed by atoms with Crippen LogP contribution in [0.3, 0.4) is 0 Å². The average molecular weight is 289 g/mol. The van der Waals surface area contributed by atoms with Gasteiger partial charge in [-0.05, 0) is 6.07 Å². The number of carbonyl (C=O) groups excluding carboxylic acids is 1. The summed E-state index contributed by atoms with van der Waals surface area (Å²) in [6.45, 7) is 3.51. The van der Waals surface area contributed by atoms with Gasteiger partial charge in [0.1, 0.15) is 5.75 Å². The molecule has 1 saturated heterocycles. The number of hydrogen-bond donors (Lipinski definition) is 2. The molecule has 6 heteroatoms. The van der Waals surface area contributed by atoms with E-state index in [1.165, 1.54) is 0 Å². The maximum atomic E-state index is 12.6. The highest BCUT2D eigenvalue weighted by Crippen LogP contribution is 2.41. The van der Waals surface area contributed by atoms with Crippen LogP contribution < -0.4 is 15.4 Å². The molecular formula is C15H19N3O3. The SMILES string of the molecule is COCCN=C1NC(=O)C2(N1)c1ccccc1OCC2C. The Bertz CT molecular complexity index is 587. The van der Waals surface area contributed by atoms with E-state index in [1.807, 2.05) is 31.2 Å². The van der Waals surface area contributed by atoms with Gasteiger partial charge in [-0.2, -0.15) is 0 Å². The van der Waals surface area contributed by atoms with Crippen molar-refractivity contribution in [3.8, 4) is 5.75 Å². The van der Waals surface area contributed by atoms with Gasteiger partial charge in [0.05, 0.1) is 19.8 Å². The van der Waals surface area contributed by atoms with E-state index in [9.17, 15) is 4.79 Å². The van der Waals surface area contributed by atoms with Crippen molar-refractivity contribution >= 4 is 11.9 Å². The second-order valence-corrected chi connectivity index (χ2v) is 5.32. The number of ether oxygens (including phenoxy) is 2. The van der Waals surface area contributed by atoms with E-state index in [1.54, 1.807) is 7.11 Å². The van der Waals surface area contributed by atoms with Crippen molar-refractivity contribution in [1.82, 2.24) is 10.6 Å². The molecule has 0 aromatic heterocycles. The molecule has 0 radical (unpaired) electrons. The van der Waals surface area contributed by atoms with Gasteiger partial charge in [0.2, 0.25) is 0 Å². The summed E-state index contributed by atoms with van der Waals surface area (Å²) in [4.78, 5) is 17.0. The molecule has 2 N–H and O–H groups in total. The second kappa shape index (κ2) is 5.37. The standard InChI is InChI=1S/C15H19N3O3/c1-10-9-21-12-6-4-3-5-11(12)15(10)13(19)17-14(18-15)16-7-8-20-2/h3-6,10H,7-9H2,1-2H3,(H2,16,17,18,19). The number of aliphatic imine (C=N–C) groups is 1. The third-order valence-electron chi connectivity index (χ3n) is 4.01. The van der Waals surface area contributed by atoms with Gasteiger partial charge in [0, 0.05) is 18.6 Å². The van der Waals surface area contributed by atoms with Crippen molar-refractivity contribution < 1.29 is 14.3 Å². The van der Waals surface area contributed by atoms with Gasteiger partial charge in [0.25, 0.3) is 5.91 Å². The van der Waals surface area contributed by atoms with Gasteiger partial charge >= 0.3 is 0 Å². The third kappa shape index (κ3) is 2.15. The molecule has 1 spiro atoms. The molecule has 6 nitrogen and oxygen atoms in total. The van der Waals surface area contributed by atoms with Gasteiger partial charge in [-0.25, -0.2) is 0 Å². The van der Waals surface area contributed by atoms with E-state index >= 15 is 0 Å². The van der Waals surface area contributed by atoms with Crippen molar-refractivity contribution in [1.29, 1.82) is 0 Å². The number of carbonyl (C=O) groups is 1. The summed E-state index contributed by atoms with van der Waals surface area (Å²) in [5, 5.41) is 6.11. The molecular weight excluding hydrogens is 270 g/mol. The van der Waals surface area contributed by atoms with Gasteiger partial charge in [0.15, 0.2) is 11.5 Å². The monoisotopic (exact) mass is 289 g/mol. The first-order valence-corrected chi connectivity index (χ1v) is 7.04. The van der Waals surface area contributed by atoms with Crippen molar-refractivity contribution in [2.24, 2.45) is 10.9 Å². The fourth-order valence-electron chi connectivity index (χ4n) is 2.87. The molecule has 0 bridgehead atoms. The maximum Gasteiger partial charge on any atom is 0.257 e. The minimum absolute atomic E-state index is 0.00234. The summed E-state index contributed by atoms with van der Waals surface area (Å²) < 4.78 is 10.7. The summed E-state index contributed by atoms with van der Waals surface area (Å²) in [5.41, 5.74) is 0.0546. The molecule has 3 rings (SSSR count). The Kier molecular flexibility index (Phi) is 3.55. The first-order chi connectivity index (χ1) is 10.2. The Hall–Kier alpha value is -2.08. The van der Waals surface area contributed by atoms with E-state index in [-0.39, 0.29) is 11.8 Å². The smallest absolute Gasteiger partial charge is 0.257 e. The van der Waals surface area contributed by atoms with Crippen molar-refractivity contribution in [3.63, 3.8) is 0 Å². The Morgan fingerprint density at radius 2 is 2.29 bits per heavy atom. The number of guanidine groups is 1. The Morgan fingerprint density at radius 1 is 1.48 bits per heavy atom.